The Balaban J connectivity index is 1.80. The maximum Gasteiger partial charge on any atom is 0.265 e. The van der Waals surface area contributed by atoms with Gasteiger partial charge in [0.1, 0.15) is 11.8 Å². The summed E-state index contributed by atoms with van der Waals surface area (Å²) < 4.78 is 32.7. The second-order valence-electron chi connectivity index (χ2n) is 6.50. The van der Waals surface area contributed by atoms with Crippen molar-refractivity contribution in [2.75, 3.05) is 11.9 Å². The van der Waals surface area contributed by atoms with Gasteiger partial charge >= 0.3 is 0 Å². The summed E-state index contributed by atoms with van der Waals surface area (Å²) in [5.74, 6) is -1.01. The minimum absolute atomic E-state index is 0.180. The fraction of sp³-hybridized carbons (Fsp3) is 0.471. The number of benzene rings is 1. The Kier molecular flexibility index (Phi) is 5.09. The Bertz CT molecular complexity index is 898. The Hall–Kier alpha value is -2.62. The number of likely N-dealkylation sites (tertiary alicyclic amines) is 1. The predicted octanol–water partition coefficient (Wildman–Crippen LogP) is 0.612. The lowest BCUT2D eigenvalue weighted by Gasteiger charge is -2.25. The summed E-state index contributed by atoms with van der Waals surface area (Å²) in [6.45, 7) is 3.57. The van der Waals surface area contributed by atoms with Crippen LogP contribution in [-0.4, -0.2) is 49.7 Å². The lowest BCUT2D eigenvalue weighted by Crippen LogP contribution is -2.46. The van der Waals surface area contributed by atoms with Crippen molar-refractivity contribution in [3.8, 4) is 5.75 Å². The molecule has 2 atom stereocenters. The third-order valence-electron chi connectivity index (χ3n) is 4.65. The summed E-state index contributed by atoms with van der Waals surface area (Å²) in [4.78, 5) is 37.1. The van der Waals surface area contributed by atoms with E-state index in [1.54, 1.807) is 6.92 Å². The number of hydrogen-bond donors (Lipinski definition) is 2. The van der Waals surface area contributed by atoms with E-state index in [1.165, 1.54) is 30.0 Å². The number of fused-ring (bicyclic) bond motifs is 1. The van der Waals surface area contributed by atoms with Crippen LogP contribution in [0, 0.1) is 0 Å². The monoisotopic (exact) mass is 395 g/mol. The van der Waals surface area contributed by atoms with Crippen molar-refractivity contribution in [3.63, 3.8) is 0 Å². The molecule has 0 saturated carbocycles. The summed E-state index contributed by atoms with van der Waals surface area (Å²) in [5.41, 5.74) is 0.228. The lowest BCUT2D eigenvalue weighted by molar-refractivity contribution is -0.136. The Morgan fingerprint density at radius 2 is 2.11 bits per heavy atom. The number of rotatable bonds is 4. The van der Waals surface area contributed by atoms with Crippen LogP contribution < -0.4 is 14.8 Å². The van der Waals surface area contributed by atoms with Crippen molar-refractivity contribution in [2.24, 2.45) is 0 Å². The lowest BCUT2D eigenvalue weighted by atomic mass is 10.2. The van der Waals surface area contributed by atoms with E-state index in [0.717, 1.165) is 0 Å². The average molecular weight is 395 g/mol. The molecule has 2 aliphatic heterocycles. The molecular formula is C17H21N3O6S. The minimum Gasteiger partial charge on any atom is -0.478 e. The van der Waals surface area contributed by atoms with Crippen molar-refractivity contribution in [1.82, 2.24) is 9.62 Å². The van der Waals surface area contributed by atoms with Gasteiger partial charge in [0.05, 0.1) is 10.6 Å². The maximum atomic E-state index is 12.6. The highest BCUT2D eigenvalue weighted by Gasteiger charge is 2.35. The van der Waals surface area contributed by atoms with Crippen molar-refractivity contribution < 1.29 is 27.5 Å². The third kappa shape index (κ3) is 3.75. The molecule has 1 aromatic carbocycles. The summed E-state index contributed by atoms with van der Waals surface area (Å²) in [7, 11) is -4.16. The molecule has 1 aromatic rings. The molecular weight excluding hydrogens is 374 g/mol. The molecule has 0 bridgehead atoms. The highest BCUT2D eigenvalue weighted by atomic mass is 32.2. The first kappa shape index (κ1) is 19.2. The van der Waals surface area contributed by atoms with Crippen LogP contribution in [0.25, 0.3) is 0 Å². The molecule has 2 aliphatic rings. The first-order valence-electron chi connectivity index (χ1n) is 8.68. The van der Waals surface area contributed by atoms with Gasteiger partial charge in [-0.1, -0.05) is 6.92 Å². The van der Waals surface area contributed by atoms with E-state index in [1.807, 2.05) is 4.72 Å². The number of nitrogens with one attached hydrogen (secondary N) is 2. The number of sulfonamides is 1. The zero-order valence-corrected chi connectivity index (χ0v) is 15.8. The van der Waals surface area contributed by atoms with Crippen LogP contribution in [0.4, 0.5) is 5.69 Å². The van der Waals surface area contributed by atoms with E-state index < -0.39 is 28.1 Å². The van der Waals surface area contributed by atoms with Crippen LogP contribution >= 0.6 is 0 Å². The number of ether oxygens (including phenoxy) is 1. The molecule has 0 radical (unpaired) electrons. The molecule has 0 unspecified atom stereocenters. The van der Waals surface area contributed by atoms with Gasteiger partial charge in [-0.05, 0) is 37.5 Å². The Labute approximate surface area is 157 Å². The Morgan fingerprint density at radius 3 is 2.78 bits per heavy atom. The molecule has 3 rings (SSSR count). The van der Waals surface area contributed by atoms with Gasteiger partial charge in [0.15, 0.2) is 6.10 Å². The number of hydrogen-bond acceptors (Lipinski definition) is 6. The second-order valence-corrected chi connectivity index (χ2v) is 8.18. The predicted molar refractivity (Wildman–Crippen MR) is 95.5 cm³/mol. The largest absolute Gasteiger partial charge is 0.478 e. The molecule has 1 fully saturated rings. The van der Waals surface area contributed by atoms with Gasteiger partial charge in [0.2, 0.25) is 5.91 Å². The number of amides is 3. The molecule has 2 N–H and O–H groups in total. The Morgan fingerprint density at radius 1 is 1.37 bits per heavy atom. The number of carbonyl (C=O) groups excluding carboxylic acids is 3. The smallest absolute Gasteiger partial charge is 0.265 e. The summed E-state index contributed by atoms with van der Waals surface area (Å²) in [6.07, 6.45) is 0.904. The minimum atomic E-state index is -4.16. The van der Waals surface area contributed by atoms with Crippen molar-refractivity contribution >= 4 is 33.4 Å². The molecule has 27 heavy (non-hydrogen) atoms. The van der Waals surface area contributed by atoms with Crippen molar-refractivity contribution in [1.29, 1.82) is 0 Å². The van der Waals surface area contributed by atoms with Crippen LogP contribution in [0.1, 0.15) is 33.1 Å². The second kappa shape index (κ2) is 7.18. The van der Waals surface area contributed by atoms with Crippen LogP contribution in [-0.2, 0) is 24.4 Å². The fourth-order valence-corrected chi connectivity index (χ4v) is 4.28. The number of anilines is 1. The van der Waals surface area contributed by atoms with Crippen LogP contribution in [0.3, 0.4) is 0 Å². The fourth-order valence-electron chi connectivity index (χ4n) is 3.24. The molecule has 10 heteroatoms. The zero-order chi connectivity index (χ0) is 19.8. The quantitative estimate of drug-likeness (QED) is 0.770. The van der Waals surface area contributed by atoms with E-state index in [0.29, 0.717) is 31.6 Å². The van der Waals surface area contributed by atoms with Crippen LogP contribution in [0.15, 0.2) is 23.1 Å². The van der Waals surface area contributed by atoms with Gasteiger partial charge in [-0.3, -0.25) is 14.4 Å². The van der Waals surface area contributed by atoms with E-state index >= 15 is 0 Å². The first-order chi connectivity index (χ1) is 12.7. The number of carbonyl (C=O) groups is 3. The summed E-state index contributed by atoms with van der Waals surface area (Å²) in [6, 6.07) is 3.18. The molecule has 146 valence electrons. The van der Waals surface area contributed by atoms with Gasteiger partial charge in [0, 0.05) is 13.5 Å². The van der Waals surface area contributed by atoms with Crippen molar-refractivity contribution in [3.05, 3.63) is 18.2 Å². The maximum absolute atomic E-state index is 12.6. The van der Waals surface area contributed by atoms with E-state index in [4.69, 9.17) is 4.74 Å². The highest BCUT2D eigenvalue weighted by Crippen LogP contribution is 2.32. The summed E-state index contributed by atoms with van der Waals surface area (Å²) >= 11 is 0. The summed E-state index contributed by atoms with van der Waals surface area (Å²) in [5, 5.41) is 2.61. The van der Waals surface area contributed by atoms with Crippen LogP contribution in [0.2, 0.25) is 0 Å². The van der Waals surface area contributed by atoms with E-state index in [9.17, 15) is 22.8 Å². The van der Waals surface area contributed by atoms with Gasteiger partial charge in [-0.25, -0.2) is 13.1 Å². The van der Waals surface area contributed by atoms with Gasteiger partial charge < -0.3 is 15.0 Å². The zero-order valence-electron chi connectivity index (χ0n) is 15.0. The average Bonchev–Trinajstić information content (AvgIpc) is 3.10. The van der Waals surface area contributed by atoms with Gasteiger partial charge in [-0.15, -0.1) is 0 Å². The molecule has 2 heterocycles. The van der Waals surface area contributed by atoms with Gasteiger partial charge in [0.25, 0.3) is 21.8 Å². The molecule has 3 amide bonds. The SMILES string of the molecule is CC[C@@H]1Oc2ccc(S(=O)(=O)NC(=O)[C@@H]3CCCN3C(C)=O)cc2NC1=O. The first-order valence-corrected chi connectivity index (χ1v) is 10.2. The molecule has 1 saturated heterocycles. The molecule has 0 aliphatic carbocycles. The molecule has 0 aromatic heterocycles. The van der Waals surface area contributed by atoms with Crippen LogP contribution in [0.5, 0.6) is 5.75 Å². The number of nitrogens with zero attached hydrogens (tertiary/aromatic N) is 1. The standard InChI is InChI=1S/C17H21N3O6S/c1-3-14-17(23)18-12-9-11(6-7-15(12)26-14)27(24,25)19-16(22)13-5-4-8-20(13)10(2)21/h6-7,9,13-14H,3-5,8H2,1-2H3,(H,18,23)(H,19,22)/t13-,14-/m0/s1. The third-order valence-corrected chi connectivity index (χ3v) is 5.99. The van der Waals surface area contributed by atoms with Crippen molar-refractivity contribution in [2.45, 2.75) is 50.2 Å². The van der Waals surface area contributed by atoms with E-state index in [2.05, 4.69) is 5.32 Å². The van der Waals surface area contributed by atoms with Gasteiger partial charge in [-0.2, -0.15) is 0 Å². The highest BCUT2D eigenvalue weighted by molar-refractivity contribution is 7.90. The van der Waals surface area contributed by atoms with E-state index in [-0.39, 0.29) is 22.4 Å². The normalized spacial score (nSPS) is 21.9. The molecule has 9 nitrogen and oxygen atoms in total. The molecule has 0 spiro atoms. The topological polar surface area (TPSA) is 122 Å².